The average molecular weight is 435 g/mol. The molecule has 2 aromatic rings. The average Bonchev–Trinajstić information content (AvgIpc) is 2.63. The summed E-state index contributed by atoms with van der Waals surface area (Å²) in [6, 6.07) is 9.27. The standard InChI is InChI=1S/C22H27ClN2O3S/c1-14-5-6-20(19(23)13-14)24-22(26)18-7-9-25(10-8-18)29(27,28)21-16(3)11-15(2)12-17(21)4/h5-6,11-13,18H,7-10H2,1-4H3,(H,24,26). The first-order valence-corrected chi connectivity index (χ1v) is 11.6. The number of carbonyl (C=O) groups excluding carboxylic acids is 1. The van der Waals surface area contributed by atoms with Crippen molar-refractivity contribution in [3.63, 3.8) is 0 Å². The van der Waals surface area contributed by atoms with Gasteiger partial charge in [-0.05, 0) is 69.4 Å². The van der Waals surface area contributed by atoms with Gasteiger partial charge in [0, 0.05) is 19.0 Å². The van der Waals surface area contributed by atoms with Crippen LogP contribution >= 0.6 is 11.6 Å². The van der Waals surface area contributed by atoms with E-state index in [0.29, 0.717) is 41.5 Å². The summed E-state index contributed by atoms with van der Waals surface area (Å²) in [5.74, 6) is -0.352. The van der Waals surface area contributed by atoms with Crippen molar-refractivity contribution in [2.24, 2.45) is 5.92 Å². The number of aryl methyl sites for hydroxylation is 4. The van der Waals surface area contributed by atoms with Gasteiger partial charge >= 0.3 is 0 Å². The topological polar surface area (TPSA) is 66.5 Å². The van der Waals surface area contributed by atoms with Gasteiger partial charge in [0.1, 0.15) is 0 Å². The van der Waals surface area contributed by atoms with Gasteiger partial charge in [-0.3, -0.25) is 4.79 Å². The molecule has 0 radical (unpaired) electrons. The summed E-state index contributed by atoms with van der Waals surface area (Å²) in [6.45, 7) is 8.21. The number of rotatable bonds is 4. The second-order valence-electron chi connectivity index (χ2n) is 7.88. The Morgan fingerprint density at radius 2 is 1.59 bits per heavy atom. The van der Waals surface area contributed by atoms with Crippen LogP contribution in [0.25, 0.3) is 0 Å². The molecule has 0 aromatic heterocycles. The zero-order valence-electron chi connectivity index (χ0n) is 17.3. The monoisotopic (exact) mass is 434 g/mol. The highest BCUT2D eigenvalue weighted by molar-refractivity contribution is 7.89. The Labute approximate surface area is 178 Å². The Morgan fingerprint density at radius 3 is 2.14 bits per heavy atom. The molecular weight excluding hydrogens is 408 g/mol. The van der Waals surface area contributed by atoms with E-state index in [9.17, 15) is 13.2 Å². The van der Waals surface area contributed by atoms with Crippen molar-refractivity contribution in [1.29, 1.82) is 0 Å². The Bertz CT molecular complexity index is 1020. The van der Waals surface area contributed by atoms with Gasteiger partial charge < -0.3 is 5.32 Å². The summed E-state index contributed by atoms with van der Waals surface area (Å²) in [6.07, 6.45) is 0.969. The second kappa shape index (κ2) is 8.46. The van der Waals surface area contributed by atoms with E-state index in [0.717, 1.165) is 22.3 Å². The summed E-state index contributed by atoms with van der Waals surface area (Å²) < 4.78 is 27.9. The predicted octanol–water partition coefficient (Wildman–Crippen LogP) is 4.61. The minimum Gasteiger partial charge on any atom is -0.325 e. The number of sulfonamides is 1. The third kappa shape index (κ3) is 4.65. The van der Waals surface area contributed by atoms with Crippen LogP contribution in [-0.4, -0.2) is 31.7 Å². The third-order valence-electron chi connectivity index (χ3n) is 5.41. The highest BCUT2D eigenvalue weighted by atomic mass is 35.5. The zero-order chi connectivity index (χ0) is 21.3. The molecule has 0 aliphatic carbocycles. The first kappa shape index (κ1) is 21.8. The lowest BCUT2D eigenvalue weighted by Gasteiger charge is -2.31. The lowest BCUT2D eigenvalue weighted by Crippen LogP contribution is -2.41. The van der Waals surface area contributed by atoms with Gasteiger partial charge in [0.2, 0.25) is 15.9 Å². The quantitative estimate of drug-likeness (QED) is 0.763. The van der Waals surface area contributed by atoms with E-state index in [1.54, 1.807) is 12.1 Å². The summed E-state index contributed by atoms with van der Waals surface area (Å²) in [5, 5.41) is 3.38. The van der Waals surface area contributed by atoms with Gasteiger partial charge in [0.05, 0.1) is 15.6 Å². The van der Waals surface area contributed by atoms with Crippen molar-refractivity contribution in [2.45, 2.75) is 45.4 Å². The van der Waals surface area contributed by atoms with E-state index < -0.39 is 10.0 Å². The second-order valence-corrected chi connectivity index (χ2v) is 10.2. The molecule has 3 rings (SSSR count). The van der Waals surface area contributed by atoms with Crippen LogP contribution in [0, 0.1) is 33.6 Å². The minimum absolute atomic E-state index is 0.115. The van der Waals surface area contributed by atoms with E-state index in [4.69, 9.17) is 11.6 Å². The Hall–Kier alpha value is -1.89. The van der Waals surface area contributed by atoms with Crippen LogP contribution in [-0.2, 0) is 14.8 Å². The molecule has 156 valence electrons. The fraction of sp³-hybridized carbons (Fsp3) is 0.409. The first-order valence-electron chi connectivity index (χ1n) is 9.74. The molecule has 1 N–H and O–H groups in total. The largest absolute Gasteiger partial charge is 0.325 e. The van der Waals surface area contributed by atoms with Crippen molar-refractivity contribution in [3.8, 4) is 0 Å². The van der Waals surface area contributed by atoms with Crippen LogP contribution in [0.15, 0.2) is 35.2 Å². The molecule has 2 aromatic carbocycles. The normalized spacial score (nSPS) is 16.0. The molecule has 29 heavy (non-hydrogen) atoms. The molecule has 1 aliphatic heterocycles. The fourth-order valence-corrected chi connectivity index (χ4v) is 6.18. The molecule has 0 spiro atoms. The van der Waals surface area contributed by atoms with Crippen LogP contribution in [0.5, 0.6) is 0 Å². The summed E-state index contributed by atoms with van der Waals surface area (Å²) >= 11 is 6.20. The first-order chi connectivity index (χ1) is 13.6. The van der Waals surface area contributed by atoms with Crippen molar-refractivity contribution in [3.05, 3.63) is 57.6 Å². The lowest BCUT2D eigenvalue weighted by atomic mass is 9.97. The molecule has 1 fully saturated rings. The van der Waals surface area contributed by atoms with Crippen molar-refractivity contribution in [2.75, 3.05) is 18.4 Å². The highest BCUT2D eigenvalue weighted by Gasteiger charge is 2.33. The maximum atomic E-state index is 13.2. The third-order valence-corrected chi connectivity index (χ3v) is 7.93. The Balaban J connectivity index is 1.69. The number of nitrogens with zero attached hydrogens (tertiary/aromatic N) is 1. The van der Waals surface area contributed by atoms with E-state index in [-0.39, 0.29) is 11.8 Å². The van der Waals surface area contributed by atoms with Gasteiger partial charge in [-0.25, -0.2) is 8.42 Å². The SMILES string of the molecule is Cc1cc(C)c(S(=O)(=O)N2CCC(C(=O)Nc3ccc(C)cc3Cl)CC2)c(C)c1. The van der Waals surface area contributed by atoms with E-state index in [1.807, 2.05) is 45.9 Å². The number of carbonyl (C=O) groups is 1. The number of anilines is 1. The molecule has 0 saturated carbocycles. The van der Waals surface area contributed by atoms with Crippen LogP contribution in [0.1, 0.15) is 35.1 Å². The minimum atomic E-state index is -3.58. The molecule has 1 amide bonds. The molecule has 0 unspecified atom stereocenters. The maximum absolute atomic E-state index is 13.2. The zero-order valence-corrected chi connectivity index (χ0v) is 18.8. The van der Waals surface area contributed by atoms with Gasteiger partial charge in [-0.1, -0.05) is 35.4 Å². The van der Waals surface area contributed by atoms with Crippen LogP contribution < -0.4 is 5.32 Å². The molecule has 1 aliphatic rings. The lowest BCUT2D eigenvalue weighted by molar-refractivity contribution is -0.120. The van der Waals surface area contributed by atoms with Crippen molar-refractivity contribution < 1.29 is 13.2 Å². The highest BCUT2D eigenvalue weighted by Crippen LogP contribution is 2.30. The van der Waals surface area contributed by atoms with E-state index in [2.05, 4.69) is 5.32 Å². The molecule has 0 atom stereocenters. The van der Waals surface area contributed by atoms with Gasteiger partial charge in [-0.15, -0.1) is 0 Å². The number of hydrogen-bond acceptors (Lipinski definition) is 3. The van der Waals surface area contributed by atoms with Crippen molar-refractivity contribution in [1.82, 2.24) is 4.31 Å². The van der Waals surface area contributed by atoms with E-state index in [1.165, 1.54) is 4.31 Å². The summed E-state index contributed by atoms with van der Waals surface area (Å²) in [5.41, 5.74) is 4.17. The molecule has 5 nitrogen and oxygen atoms in total. The number of nitrogens with one attached hydrogen (secondary N) is 1. The van der Waals surface area contributed by atoms with E-state index >= 15 is 0 Å². The number of hydrogen-bond donors (Lipinski definition) is 1. The fourth-order valence-electron chi connectivity index (χ4n) is 4.02. The summed E-state index contributed by atoms with van der Waals surface area (Å²) in [4.78, 5) is 13.0. The molecule has 1 heterocycles. The Kier molecular flexibility index (Phi) is 6.36. The van der Waals surface area contributed by atoms with Gasteiger partial charge in [-0.2, -0.15) is 4.31 Å². The smallest absolute Gasteiger partial charge is 0.243 e. The van der Waals surface area contributed by atoms with Crippen molar-refractivity contribution >= 4 is 33.2 Å². The number of amides is 1. The van der Waals surface area contributed by atoms with Crippen LogP contribution in [0.2, 0.25) is 5.02 Å². The van der Waals surface area contributed by atoms with Gasteiger partial charge in [0.15, 0.2) is 0 Å². The predicted molar refractivity (Wildman–Crippen MR) is 117 cm³/mol. The number of piperidine rings is 1. The Morgan fingerprint density at radius 1 is 1.00 bits per heavy atom. The van der Waals surface area contributed by atoms with Gasteiger partial charge in [0.25, 0.3) is 0 Å². The number of benzene rings is 2. The number of halogens is 1. The summed E-state index contributed by atoms with van der Waals surface area (Å²) in [7, 11) is -3.58. The molecule has 1 saturated heterocycles. The van der Waals surface area contributed by atoms with Crippen LogP contribution in [0.4, 0.5) is 5.69 Å². The molecule has 0 bridgehead atoms. The molecule has 7 heteroatoms. The molecular formula is C22H27ClN2O3S. The maximum Gasteiger partial charge on any atom is 0.243 e. The van der Waals surface area contributed by atoms with Crippen LogP contribution in [0.3, 0.4) is 0 Å².